The zero-order valence-corrected chi connectivity index (χ0v) is 18.7. The Kier molecular flexibility index (Phi) is 6.70. The number of para-hydroxylation sites is 1. The number of sulfonamides is 1. The highest BCUT2D eigenvalue weighted by Gasteiger charge is 2.22. The average molecular weight is 436 g/mol. The highest BCUT2D eigenvalue weighted by atomic mass is 32.2. The van der Waals surface area contributed by atoms with E-state index < -0.39 is 10.0 Å². The van der Waals surface area contributed by atoms with Gasteiger partial charge in [0.05, 0.1) is 4.90 Å². The lowest BCUT2D eigenvalue weighted by Crippen LogP contribution is -2.45. The van der Waals surface area contributed by atoms with Crippen molar-refractivity contribution in [1.82, 2.24) is 9.21 Å². The fourth-order valence-electron chi connectivity index (χ4n) is 3.97. The van der Waals surface area contributed by atoms with Crippen molar-refractivity contribution in [2.45, 2.75) is 18.0 Å². The second-order valence-electron chi connectivity index (χ2n) is 7.99. The van der Waals surface area contributed by atoms with Crippen LogP contribution in [0.2, 0.25) is 0 Å². The van der Waals surface area contributed by atoms with Crippen molar-refractivity contribution >= 4 is 15.7 Å². The molecule has 1 saturated heterocycles. The molecule has 0 radical (unpaired) electrons. The Morgan fingerprint density at radius 1 is 0.774 bits per heavy atom. The standard InChI is InChI=1S/C25H29N3O2S/c1-26(20-22-9-4-2-5-10-22)31(29,30)25-14-8-11-23(19-25)21-27-15-17-28(18-16-27)24-12-6-3-7-13-24/h2-14,19H,15-18,20-21H2,1H3. The van der Waals surface area contributed by atoms with Gasteiger partial charge in [-0.3, -0.25) is 4.90 Å². The van der Waals surface area contributed by atoms with Crippen LogP contribution in [0.1, 0.15) is 11.1 Å². The predicted molar refractivity (Wildman–Crippen MR) is 125 cm³/mol. The van der Waals surface area contributed by atoms with Crippen LogP contribution < -0.4 is 4.90 Å². The summed E-state index contributed by atoms with van der Waals surface area (Å²) in [6.07, 6.45) is 0. The van der Waals surface area contributed by atoms with Gasteiger partial charge in [-0.1, -0.05) is 60.7 Å². The second-order valence-corrected chi connectivity index (χ2v) is 10.0. The van der Waals surface area contributed by atoms with Gasteiger partial charge in [0.15, 0.2) is 0 Å². The van der Waals surface area contributed by atoms with E-state index in [0.29, 0.717) is 11.4 Å². The lowest BCUT2D eigenvalue weighted by molar-refractivity contribution is 0.249. The molecule has 1 fully saturated rings. The Morgan fingerprint density at radius 3 is 2.06 bits per heavy atom. The summed E-state index contributed by atoms with van der Waals surface area (Å²) in [5.41, 5.74) is 3.26. The van der Waals surface area contributed by atoms with E-state index in [1.54, 1.807) is 13.1 Å². The fraction of sp³-hybridized carbons (Fsp3) is 0.280. The van der Waals surface area contributed by atoms with Crippen molar-refractivity contribution in [2.75, 3.05) is 38.1 Å². The third-order valence-corrected chi connectivity index (χ3v) is 7.55. The maximum Gasteiger partial charge on any atom is 0.243 e. The van der Waals surface area contributed by atoms with Crippen LogP contribution in [0.15, 0.2) is 89.8 Å². The molecule has 0 bridgehead atoms. The van der Waals surface area contributed by atoms with Gasteiger partial charge in [-0.25, -0.2) is 8.42 Å². The largest absolute Gasteiger partial charge is 0.369 e. The molecule has 4 rings (SSSR count). The minimum Gasteiger partial charge on any atom is -0.369 e. The SMILES string of the molecule is CN(Cc1ccccc1)S(=O)(=O)c1cccc(CN2CCN(c3ccccc3)CC2)c1. The van der Waals surface area contributed by atoms with Crippen molar-refractivity contribution in [3.05, 3.63) is 96.1 Å². The predicted octanol–water partition coefficient (Wildman–Crippen LogP) is 3.83. The molecule has 3 aromatic carbocycles. The van der Waals surface area contributed by atoms with Gasteiger partial charge in [0.1, 0.15) is 0 Å². The summed E-state index contributed by atoms with van der Waals surface area (Å²) in [7, 11) is -1.90. The Hall–Kier alpha value is -2.67. The third-order valence-electron chi connectivity index (χ3n) is 5.75. The molecule has 0 spiro atoms. The van der Waals surface area contributed by atoms with Crippen molar-refractivity contribution in [3.63, 3.8) is 0 Å². The van der Waals surface area contributed by atoms with Crippen LogP contribution in [-0.2, 0) is 23.1 Å². The highest BCUT2D eigenvalue weighted by Crippen LogP contribution is 2.20. The van der Waals surface area contributed by atoms with Crippen LogP contribution >= 0.6 is 0 Å². The van der Waals surface area contributed by atoms with Gasteiger partial charge < -0.3 is 4.90 Å². The molecule has 31 heavy (non-hydrogen) atoms. The van der Waals surface area contributed by atoms with Crippen molar-refractivity contribution < 1.29 is 8.42 Å². The first-order valence-electron chi connectivity index (χ1n) is 10.6. The summed E-state index contributed by atoms with van der Waals surface area (Å²) in [5.74, 6) is 0. The maximum absolute atomic E-state index is 13.1. The maximum atomic E-state index is 13.1. The number of nitrogens with zero attached hydrogens (tertiary/aromatic N) is 3. The quantitative estimate of drug-likeness (QED) is 0.566. The highest BCUT2D eigenvalue weighted by molar-refractivity contribution is 7.89. The molecule has 6 heteroatoms. The molecular formula is C25H29N3O2S. The number of benzene rings is 3. The van der Waals surface area contributed by atoms with Crippen LogP contribution in [0.5, 0.6) is 0 Å². The van der Waals surface area contributed by atoms with Gasteiger partial charge >= 0.3 is 0 Å². The Balaban J connectivity index is 1.39. The summed E-state index contributed by atoms with van der Waals surface area (Å²) < 4.78 is 27.6. The summed E-state index contributed by atoms with van der Waals surface area (Å²) in [6, 6.07) is 27.5. The molecule has 5 nitrogen and oxygen atoms in total. The first kappa shape index (κ1) is 21.6. The number of hydrogen-bond acceptors (Lipinski definition) is 4. The minimum atomic E-state index is -3.54. The second kappa shape index (κ2) is 9.64. The number of piperazine rings is 1. The zero-order valence-electron chi connectivity index (χ0n) is 17.9. The number of rotatable bonds is 7. The van der Waals surface area contributed by atoms with E-state index in [1.165, 1.54) is 9.99 Å². The Labute approximate surface area is 185 Å². The van der Waals surface area contributed by atoms with E-state index in [-0.39, 0.29) is 0 Å². The van der Waals surface area contributed by atoms with Crippen LogP contribution in [0, 0.1) is 0 Å². The van der Waals surface area contributed by atoms with Gasteiger partial charge in [0, 0.05) is 52.0 Å². The number of hydrogen-bond donors (Lipinski definition) is 0. The van der Waals surface area contributed by atoms with E-state index in [1.807, 2.05) is 54.6 Å². The lowest BCUT2D eigenvalue weighted by atomic mass is 10.2. The van der Waals surface area contributed by atoms with Crippen molar-refractivity contribution in [1.29, 1.82) is 0 Å². The monoisotopic (exact) mass is 435 g/mol. The van der Waals surface area contributed by atoms with E-state index >= 15 is 0 Å². The molecule has 1 aliphatic heterocycles. The topological polar surface area (TPSA) is 43.9 Å². The molecule has 0 N–H and O–H groups in total. The van der Waals surface area contributed by atoms with Gasteiger partial charge in [0.25, 0.3) is 0 Å². The average Bonchev–Trinajstić information content (AvgIpc) is 2.81. The van der Waals surface area contributed by atoms with Gasteiger partial charge in [-0.05, 0) is 35.4 Å². The van der Waals surface area contributed by atoms with E-state index in [9.17, 15) is 8.42 Å². The minimum absolute atomic E-state index is 0.353. The molecule has 0 amide bonds. The van der Waals surface area contributed by atoms with Gasteiger partial charge in [-0.2, -0.15) is 4.31 Å². The first-order valence-corrected chi connectivity index (χ1v) is 12.1. The smallest absolute Gasteiger partial charge is 0.243 e. The molecule has 0 saturated carbocycles. The fourth-order valence-corrected chi connectivity index (χ4v) is 5.20. The van der Waals surface area contributed by atoms with Crippen LogP contribution in [0.25, 0.3) is 0 Å². The summed E-state index contributed by atoms with van der Waals surface area (Å²) >= 11 is 0. The van der Waals surface area contributed by atoms with Crippen LogP contribution in [0.3, 0.4) is 0 Å². The molecule has 0 atom stereocenters. The van der Waals surface area contributed by atoms with Crippen LogP contribution in [-0.4, -0.2) is 50.8 Å². The van der Waals surface area contributed by atoms with Crippen LogP contribution in [0.4, 0.5) is 5.69 Å². The molecular weight excluding hydrogens is 406 g/mol. The molecule has 162 valence electrons. The van der Waals surface area contributed by atoms with E-state index in [0.717, 1.165) is 43.9 Å². The first-order chi connectivity index (χ1) is 15.0. The van der Waals surface area contributed by atoms with Crippen molar-refractivity contribution in [3.8, 4) is 0 Å². The molecule has 3 aromatic rings. The van der Waals surface area contributed by atoms with Gasteiger partial charge in [-0.15, -0.1) is 0 Å². The summed E-state index contributed by atoms with van der Waals surface area (Å²) in [5, 5.41) is 0. The van der Waals surface area contributed by atoms with E-state index in [4.69, 9.17) is 0 Å². The molecule has 1 heterocycles. The Morgan fingerprint density at radius 2 is 1.39 bits per heavy atom. The van der Waals surface area contributed by atoms with E-state index in [2.05, 4.69) is 34.1 Å². The lowest BCUT2D eigenvalue weighted by Gasteiger charge is -2.36. The molecule has 0 unspecified atom stereocenters. The van der Waals surface area contributed by atoms with Gasteiger partial charge in [0.2, 0.25) is 10.0 Å². The molecule has 0 aromatic heterocycles. The third kappa shape index (κ3) is 5.34. The summed E-state index contributed by atoms with van der Waals surface area (Å²) in [4.78, 5) is 5.14. The zero-order chi connectivity index (χ0) is 21.7. The molecule has 0 aliphatic carbocycles. The molecule has 1 aliphatic rings. The number of anilines is 1. The Bertz CT molecular complexity index is 1080. The normalized spacial score (nSPS) is 15.4. The summed E-state index contributed by atoms with van der Waals surface area (Å²) in [6.45, 7) is 4.98. The van der Waals surface area contributed by atoms with Crippen molar-refractivity contribution in [2.24, 2.45) is 0 Å².